The topological polar surface area (TPSA) is 97.1 Å². The molecule has 0 atom stereocenters. The molecule has 3 aromatic heterocycles. The van der Waals surface area contributed by atoms with E-state index in [2.05, 4.69) is 30.9 Å². The zero-order chi connectivity index (χ0) is 20.1. The summed E-state index contributed by atoms with van der Waals surface area (Å²) in [5, 5.41) is 19.6. The third kappa shape index (κ3) is 4.67. The lowest BCUT2D eigenvalue weighted by Gasteiger charge is -2.08. The van der Waals surface area contributed by atoms with Crippen LogP contribution in [0.5, 0.6) is 0 Å². The highest BCUT2D eigenvalue weighted by Gasteiger charge is 2.11. The van der Waals surface area contributed by atoms with Crippen LogP contribution in [-0.2, 0) is 17.8 Å². The SMILES string of the molecule is O=C(CCc1nnc2ccc(NCc3ccccc3Cl)nn12)Nc1cccnc1. The molecule has 0 fully saturated rings. The number of nitrogens with one attached hydrogen (secondary N) is 2. The number of amides is 1. The van der Waals surface area contributed by atoms with Crippen LogP contribution in [0.3, 0.4) is 0 Å². The van der Waals surface area contributed by atoms with Gasteiger partial charge >= 0.3 is 0 Å². The maximum atomic E-state index is 12.2. The Morgan fingerprint density at radius 1 is 1.07 bits per heavy atom. The number of aromatic nitrogens is 5. The van der Waals surface area contributed by atoms with Crippen LogP contribution in [0.25, 0.3) is 5.65 Å². The Morgan fingerprint density at radius 2 is 1.97 bits per heavy atom. The predicted octanol–water partition coefficient (Wildman–Crippen LogP) is 3.36. The molecular formula is C20H18ClN7O. The van der Waals surface area contributed by atoms with Crippen LogP contribution in [0, 0.1) is 0 Å². The van der Waals surface area contributed by atoms with Crippen molar-refractivity contribution >= 4 is 34.7 Å². The summed E-state index contributed by atoms with van der Waals surface area (Å²) < 4.78 is 1.65. The van der Waals surface area contributed by atoms with Crippen molar-refractivity contribution in [2.45, 2.75) is 19.4 Å². The number of nitrogens with zero attached hydrogens (tertiary/aromatic N) is 5. The average molecular weight is 408 g/mol. The number of fused-ring (bicyclic) bond motifs is 1. The molecule has 0 saturated heterocycles. The van der Waals surface area contributed by atoms with Crippen LogP contribution in [-0.4, -0.2) is 30.7 Å². The molecule has 0 unspecified atom stereocenters. The predicted molar refractivity (Wildman–Crippen MR) is 111 cm³/mol. The molecule has 1 aromatic carbocycles. The van der Waals surface area contributed by atoms with Crippen molar-refractivity contribution in [1.82, 2.24) is 24.8 Å². The van der Waals surface area contributed by atoms with E-state index < -0.39 is 0 Å². The lowest BCUT2D eigenvalue weighted by Crippen LogP contribution is -2.13. The number of hydrogen-bond acceptors (Lipinski definition) is 6. The van der Waals surface area contributed by atoms with Crippen molar-refractivity contribution in [3.63, 3.8) is 0 Å². The van der Waals surface area contributed by atoms with Gasteiger partial charge in [0.2, 0.25) is 5.91 Å². The fourth-order valence-corrected chi connectivity index (χ4v) is 3.00. The molecule has 0 aliphatic carbocycles. The molecule has 0 radical (unpaired) electrons. The number of anilines is 2. The third-order valence-electron chi connectivity index (χ3n) is 4.27. The van der Waals surface area contributed by atoms with Crippen molar-refractivity contribution in [2.24, 2.45) is 0 Å². The highest BCUT2D eigenvalue weighted by molar-refractivity contribution is 6.31. The van der Waals surface area contributed by atoms with E-state index in [-0.39, 0.29) is 12.3 Å². The van der Waals surface area contributed by atoms with E-state index in [4.69, 9.17) is 11.6 Å². The van der Waals surface area contributed by atoms with Gasteiger partial charge < -0.3 is 10.6 Å². The Morgan fingerprint density at radius 3 is 2.79 bits per heavy atom. The van der Waals surface area contributed by atoms with Gasteiger partial charge in [0.25, 0.3) is 0 Å². The van der Waals surface area contributed by atoms with E-state index in [0.29, 0.717) is 41.0 Å². The molecule has 8 nitrogen and oxygen atoms in total. The minimum absolute atomic E-state index is 0.122. The molecule has 3 heterocycles. The molecule has 0 aliphatic heterocycles. The summed E-state index contributed by atoms with van der Waals surface area (Å²) in [4.78, 5) is 16.1. The first-order chi connectivity index (χ1) is 14.2. The van der Waals surface area contributed by atoms with Gasteiger partial charge in [0, 0.05) is 30.6 Å². The van der Waals surface area contributed by atoms with E-state index >= 15 is 0 Å². The van der Waals surface area contributed by atoms with Gasteiger partial charge in [-0.1, -0.05) is 29.8 Å². The van der Waals surface area contributed by atoms with Gasteiger partial charge in [0.1, 0.15) is 5.82 Å². The first-order valence-corrected chi connectivity index (χ1v) is 9.45. The van der Waals surface area contributed by atoms with Crippen molar-refractivity contribution in [2.75, 3.05) is 10.6 Å². The standard InChI is InChI=1S/C20H18ClN7O/c21-16-6-2-1-4-14(16)12-23-17-7-8-18-25-26-19(28(18)27-17)9-10-20(29)24-15-5-3-11-22-13-15/h1-8,11,13H,9-10,12H2,(H,23,27)(H,24,29). The maximum absolute atomic E-state index is 12.2. The normalized spacial score (nSPS) is 10.8. The average Bonchev–Trinajstić information content (AvgIpc) is 3.15. The molecular weight excluding hydrogens is 390 g/mol. The zero-order valence-electron chi connectivity index (χ0n) is 15.4. The molecule has 4 aromatic rings. The maximum Gasteiger partial charge on any atom is 0.224 e. The first-order valence-electron chi connectivity index (χ1n) is 9.07. The molecule has 146 valence electrons. The molecule has 9 heteroatoms. The molecule has 0 bridgehead atoms. The number of benzene rings is 1. The zero-order valence-corrected chi connectivity index (χ0v) is 16.2. The van der Waals surface area contributed by atoms with Crippen molar-refractivity contribution in [3.8, 4) is 0 Å². The van der Waals surface area contributed by atoms with E-state index in [1.807, 2.05) is 36.4 Å². The van der Waals surface area contributed by atoms with E-state index in [0.717, 1.165) is 5.56 Å². The first kappa shape index (κ1) is 18.8. The fourth-order valence-electron chi connectivity index (χ4n) is 2.80. The number of carbonyl (C=O) groups excluding carboxylic acids is 1. The van der Waals surface area contributed by atoms with Crippen molar-refractivity contribution in [3.05, 3.63) is 77.3 Å². The Kier molecular flexibility index (Phi) is 5.62. The summed E-state index contributed by atoms with van der Waals surface area (Å²) in [5.41, 5.74) is 2.26. The summed E-state index contributed by atoms with van der Waals surface area (Å²) >= 11 is 6.19. The van der Waals surface area contributed by atoms with Crippen LogP contribution in [0.4, 0.5) is 11.5 Å². The lowest BCUT2D eigenvalue weighted by atomic mass is 10.2. The highest BCUT2D eigenvalue weighted by atomic mass is 35.5. The fraction of sp³-hybridized carbons (Fsp3) is 0.150. The summed E-state index contributed by atoms with van der Waals surface area (Å²) in [6.07, 6.45) is 3.92. The molecule has 0 spiro atoms. The minimum atomic E-state index is -0.122. The number of carbonyl (C=O) groups is 1. The second-order valence-corrected chi connectivity index (χ2v) is 6.75. The Labute approximate surface area is 172 Å². The number of halogens is 1. The molecule has 1 amide bonds. The second-order valence-electron chi connectivity index (χ2n) is 6.34. The van der Waals surface area contributed by atoms with Gasteiger partial charge in [-0.05, 0) is 35.9 Å². The quantitative estimate of drug-likeness (QED) is 0.487. The summed E-state index contributed by atoms with van der Waals surface area (Å²) in [7, 11) is 0. The number of pyridine rings is 1. The summed E-state index contributed by atoms with van der Waals surface area (Å²) in [6, 6.07) is 14.9. The Balaban J connectivity index is 1.41. The molecule has 2 N–H and O–H groups in total. The Bertz CT molecular complexity index is 1130. The van der Waals surface area contributed by atoms with Gasteiger partial charge in [-0.15, -0.1) is 15.3 Å². The van der Waals surface area contributed by atoms with E-state index in [1.165, 1.54) is 0 Å². The lowest BCUT2D eigenvalue weighted by molar-refractivity contribution is -0.116. The van der Waals surface area contributed by atoms with Gasteiger partial charge in [-0.3, -0.25) is 9.78 Å². The van der Waals surface area contributed by atoms with E-state index in [1.54, 1.807) is 29.0 Å². The van der Waals surface area contributed by atoms with Gasteiger partial charge in [0.15, 0.2) is 11.5 Å². The van der Waals surface area contributed by atoms with Crippen LogP contribution in [0.1, 0.15) is 17.8 Å². The smallest absolute Gasteiger partial charge is 0.224 e. The minimum Gasteiger partial charge on any atom is -0.364 e. The monoisotopic (exact) mass is 407 g/mol. The van der Waals surface area contributed by atoms with E-state index in [9.17, 15) is 4.79 Å². The number of aryl methyl sites for hydroxylation is 1. The van der Waals surface area contributed by atoms with Gasteiger partial charge in [-0.2, -0.15) is 4.52 Å². The summed E-state index contributed by atoms with van der Waals surface area (Å²) in [5.74, 6) is 1.16. The van der Waals surface area contributed by atoms with Crippen LogP contribution < -0.4 is 10.6 Å². The Hall–Kier alpha value is -3.52. The second kappa shape index (κ2) is 8.66. The summed E-state index contributed by atoms with van der Waals surface area (Å²) in [6.45, 7) is 0.545. The molecule has 0 saturated carbocycles. The third-order valence-corrected chi connectivity index (χ3v) is 4.63. The molecule has 29 heavy (non-hydrogen) atoms. The highest BCUT2D eigenvalue weighted by Crippen LogP contribution is 2.17. The van der Waals surface area contributed by atoms with Crippen LogP contribution >= 0.6 is 11.6 Å². The van der Waals surface area contributed by atoms with Crippen molar-refractivity contribution in [1.29, 1.82) is 0 Å². The van der Waals surface area contributed by atoms with Gasteiger partial charge in [0.05, 0.1) is 11.9 Å². The van der Waals surface area contributed by atoms with Crippen LogP contribution in [0.2, 0.25) is 5.02 Å². The van der Waals surface area contributed by atoms with Crippen molar-refractivity contribution < 1.29 is 4.79 Å². The number of rotatable bonds is 7. The number of hydrogen-bond donors (Lipinski definition) is 2. The molecule has 4 rings (SSSR count). The van der Waals surface area contributed by atoms with Gasteiger partial charge in [-0.25, -0.2) is 0 Å². The van der Waals surface area contributed by atoms with Crippen LogP contribution in [0.15, 0.2) is 60.9 Å². The largest absolute Gasteiger partial charge is 0.364 e. The molecule has 0 aliphatic rings.